The van der Waals surface area contributed by atoms with Crippen molar-refractivity contribution >= 4 is 11.6 Å². The minimum absolute atomic E-state index is 0.0862. The van der Waals surface area contributed by atoms with Crippen molar-refractivity contribution in [3.05, 3.63) is 59.7 Å². The van der Waals surface area contributed by atoms with E-state index in [4.69, 9.17) is 5.11 Å². The summed E-state index contributed by atoms with van der Waals surface area (Å²) in [7, 11) is 0. The second-order valence-electron chi connectivity index (χ2n) is 5.21. The van der Waals surface area contributed by atoms with Crippen LogP contribution in [0.15, 0.2) is 48.5 Å². The molecule has 0 aliphatic rings. The van der Waals surface area contributed by atoms with Gasteiger partial charge in [0.25, 0.3) is 0 Å². The zero-order valence-corrected chi connectivity index (χ0v) is 12.2. The zero-order chi connectivity index (χ0) is 15.9. The molecule has 22 heavy (non-hydrogen) atoms. The number of ketones is 2. The summed E-state index contributed by atoms with van der Waals surface area (Å²) in [4.78, 5) is 23.7. The van der Waals surface area contributed by atoms with Gasteiger partial charge in [0.1, 0.15) is 17.3 Å². The van der Waals surface area contributed by atoms with Gasteiger partial charge >= 0.3 is 0 Å². The first kappa shape index (κ1) is 15.8. The van der Waals surface area contributed by atoms with Crippen molar-refractivity contribution < 1.29 is 19.8 Å². The highest BCUT2D eigenvalue weighted by atomic mass is 16.3. The first-order valence-electron chi connectivity index (χ1n) is 7.16. The van der Waals surface area contributed by atoms with E-state index < -0.39 is 0 Å². The Bertz CT molecular complexity index is 642. The first-order chi connectivity index (χ1) is 10.5. The molecule has 0 aliphatic heterocycles. The van der Waals surface area contributed by atoms with Gasteiger partial charge in [0.05, 0.1) is 6.42 Å². The summed E-state index contributed by atoms with van der Waals surface area (Å²) in [5.41, 5.74) is 1.49. The number of Topliss-reactive ketones (excluding diaryl/α,β-unsaturated/α-hetero) is 2. The summed E-state index contributed by atoms with van der Waals surface area (Å²) in [6.45, 7) is 0. The SMILES string of the molecule is O=C(CCCc1ccc(O)cc1)CC(=O)c1ccc(O)cc1. The van der Waals surface area contributed by atoms with Crippen LogP contribution in [0.1, 0.15) is 35.2 Å². The molecule has 0 radical (unpaired) electrons. The Kier molecular flexibility index (Phi) is 5.31. The molecule has 4 heteroatoms. The molecule has 2 N–H and O–H groups in total. The van der Waals surface area contributed by atoms with Crippen LogP contribution in [0.5, 0.6) is 11.5 Å². The third-order valence-electron chi connectivity index (χ3n) is 3.40. The summed E-state index contributed by atoms with van der Waals surface area (Å²) < 4.78 is 0. The van der Waals surface area contributed by atoms with Crippen molar-refractivity contribution in [1.82, 2.24) is 0 Å². The van der Waals surface area contributed by atoms with E-state index in [9.17, 15) is 14.7 Å². The summed E-state index contributed by atoms with van der Waals surface area (Å²) in [6.07, 6.45) is 1.65. The van der Waals surface area contributed by atoms with Crippen LogP contribution in [0.25, 0.3) is 0 Å². The lowest BCUT2D eigenvalue weighted by atomic mass is 10.0. The number of carbonyl (C=O) groups is 2. The third kappa shape index (κ3) is 4.74. The Balaban J connectivity index is 1.76. The highest BCUT2D eigenvalue weighted by Gasteiger charge is 2.11. The van der Waals surface area contributed by atoms with E-state index in [0.717, 1.165) is 12.0 Å². The van der Waals surface area contributed by atoms with Gasteiger partial charge in [-0.15, -0.1) is 0 Å². The van der Waals surface area contributed by atoms with Crippen LogP contribution in [-0.2, 0) is 11.2 Å². The van der Waals surface area contributed by atoms with Crippen LogP contribution in [0, 0.1) is 0 Å². The second kappa shape index (κ2) is 7.41. The van der Waals surface area contributed by atoms with Gasteiger partial charge in [-0.1, -0.05) is 12.1 Å². The lowest BCUT2D eigenvalue weighted by molar-refractivity contribution is -0.118. The number of aryl methyl sites for hydroxylation is 1. The lowest BCUT2D eigenvalue weighted by Gasteiger charge is -2.03. The molecule has 0 unspecified atom stereocenters. The van der Waals surface area contributed by atoms with E-state index in [-0.39, 0.29) is 29.5 Å². The third-order valence-corrected chi connectivity index (χ3v) is 3.40. The van der Waals surface area contributed by atoms with E-state index in [1.807, 2.05) is 12.1 Å². The minimum Gasteiger partial charge on any atom is -0.508 e. The van der Waals surface area contributed by atoms with Crippen LogP contribution in [0.4, 0.5) is 0 Å². The fraction of sp³-hybridized carbons (Fsp3) is 0.222. The van der Waals surface area contributed by atoms with E-state index in [2.05, 4.69) is 0 Å². The van der Waals surface area contributed by atoms with Gasteiger partial charge in [-0.3, -0.25) is 9.59 Å². The van der Waals surface area contributed by atoms with E-state index >= 15 is 0 Å². The molecule has 0 fully saturated rings. The maximum Gasteiger partial charge on any atom is 0.170 e. The first-order valence-corrected chi connectivity index (χ1v) is 7.16. The van der Waals surface area contributed by atoms with E-state index in [1.54, 1.807) is 12.1 Å². The van der Waals surface area contributed by atoms with Gasteiger partial charge in [-0.25, -0.2) is 0 Å². The molecular formula is C18H18O4. The predicted octanol–water partition coefficient (Wildman–Crippen LogP) is 3.26. The molecule has 0 atom stereocenters. The van der Waals surface area contributed by atoms with Crippen LogP contribution in [0.2, 0.25) is 0 Å². The van der Waals surface area contributed by atoms with Crippen molar-refractivity contribution in [1.29, 1.82) is 0 Å². The van der Waals surface area contributed by atoms with Gasteiger partial charge in [0, 0.05) is 12.0 Å². The summed E-state index contributed by atoms with van der Waals surface area (Å²) >= 11 is 0. The summed E-state index contributed by atoms with van der Waals surface area (Å²) in [5.74, 6) is 0.00239. The Labute approximate surface area is 129 Å². The number of carbonyl (C=O) groups excluding carboxylic acids is 2. The van der Waals surface area contributed by atoms with Gasteiger partial charge in [0.2, 0.25) is 0 Å². The van der Waals surface area contributed by atoms with E-state index in [0.29, 0.717) is 18.4 Å². The van der Waals surface area contributed by atoms with Gasteiger partial charge in [0.15, 0.2) is 5.78 Å². The standard InChI is InChI=1S/C18H18O4/c19-15-8-4-13(5-9-15)2-1-3-17(21)12-18(22)14-6-10-16(20)11-7-14/h4-11,19-20H,1-3,12H2. The maximum absolute atomic E-state index is 11.9. The molecule has 2 rings (SSSR count). The van der Waals surface area contributed by atoms with Crippen LogP contribution in [0.3, 0.4) is 0 Å². The van der Waals surface area contributed by atoms with Crippen LogP contribution in [-0.4, -0.2) is 21.8 Å². The summed E-state index contributed by atoms with van der Waals surface area (Å²) in [5, 5.41) is 18.4. The quantitative estimate of drug-likeness (QED) is 0.607. The molecule has 114 valence electrons. The van der Waals surface area contributed by atoms with Crippen molar-refractivity contribution in [2.24, 2.45) is 0 Å². The molecule has 2 aromatic carbocycles. The molecule has 4 nitrogen and oxygen atoms in total. The Morgan fingerprint density at radius 3 is 1.95 bits per heavy atom. The normalized spacial score (nSPS) is 10.4. The van der Waals surface area contributed by atoms with Gasteiger partial charge in [-0.2, -0.15) is 0 Å². The Morgan fingerprint density at radius 1 is 0.818 bits per heavy atom. The molecule has 0 aliphatic carbocycles. The summed E-state index contributed by atoms with van der Waals surface area (Å²) in [6, 6.07) is 12.8. The van der Waals surface area contributed by atoms with Gasteiger partial charge in [-0.05, 0) is 54.8 Å². The number of rotatable bonds is 7. The van der Waals surface area contributed by atoms with Gasteiger partial charge < -0.3 is 10.2 Å². The second-order valence-corrected chi connectivity index (χ2v) is 5.21. The van der Waals surface area contributed by atoms with Crippen molar-refractivity contribution in [2.75, 3.05) is 0 Å². The smallest absolute Gasteiger partial charge is 0.170 e. The molecule has 2 aromatic rings. The van der Waals surface area contributed by atoms with Crippen molar-refractivity contribution in [2.45, 2.75) is 25.7 Å². The number of hydrogen-bond donors (Lipinski definition) is 2. The number of hydrogen-bond acceptors (Lipinski definition) is 4. The van der Waals surface area contributed by atoms with Crippen molar-refractivity contribution in [3.63, 3.8) is 0 Å². The number of aromatic hydroxyl groups is 2. The van der Waals surface area contributed by atoms with Crippen molar-refractivity contribution in [3.8, 4) is 11.5 Å². The molecular weight excluding hydrogens is 280 g/mol. The Morgan fingerprint density at radius 2 is 1.36 bits per heavy atom. The Hall–Kier alpha value is -2.62. The van der Waals surface area contributed by atoms with E-state index in [1.165, 1.54) is 24.3 Å². The molecule has 0 heterocycles. The average molecular weight is 298 g/mol. The molecule has 0 bridgehead atoms. The zero-order valence-electron chi connectivity index (χ0n) is 12.2. The molecule has 0 saturated carbocycles. The lowest BCUT2D eigenvalue weighted by Crippen LogP contribution is -2.08. The highest BCUT2D eigenvalue weighted by Crippen LogP contribution is 2.14. The minimum atomic E-state index is -0.227. The molecule has 0 saturated heterocycles. The topological polar surface area (TPSA) is 74.6 Å². The monoisotopic (exact) mass is 298 g/mol. The van der Waals surface area contributed by atoms with Crippen LogP contribution < -0.4 is 0 Å². The molecule has 0 aromatic heterocycles. The fourth-order valence-corrected chi connectivity index (χ4v) is 2.17. The fourth-order valence-electron chi connectivity index (χ4n) is 2.17. The number of benzene rings is 2. The average Bonchev–Trinajstić information content (AvgIpc) is 2.50. The molecule has 0 amide bonds. The highest BCUT2D eigenvalue weighted by molar-refractivity contribution is 6.07. The number of phenolic OH excluding ortho intramolecular Hbond substituents is 2. The molecule has 0 spiro atoms. The van der Waals surface area contributed by atoms with Crippen LogP contribution >= 0.6 is 0 Å². The largest absolute Gasteiger partial charge is 0.508 e. The predicted molar refractivity (Wildman–Crippen MR) is 83.1 cm³/mol. The maximum atomic E-state index is 11.9. The number of phenols is 2.